The first kappa shape index (κ1) is 17.1. The quantitative estimate of drug-likeness (QED) is 0.763. The maximum atomic E-state index is 12.9. The van der Waals surface area contributed by atoms with Crippen LogP contribution in [0.15, 0.2) is 36.5 Å². The van der Waals surface area contributed by atoms with E-state index in [0.29, 0.717) is 43.3 Å². The first-order valence-electron chi connectivity index (χ1n) is 9.06. The molecule has 0 atom stereocenters. The molecule has 2 aromatic heterocycles. The van der Waals surface area contributed by atoms with Gasteiger partial charge in [0.25, 0.3) is 5.91 Å². The molecule has 1 saturated heterocycles. The number of fused-ring (bicyclic) bond motifs is 1. The van der Waals surface area contributed by atoms with Crippen LogP contribution in [0.4, 0.5) is 5.82 Å². The number of benzene rings is 1. The molecule has 0 saturated carbocycles. The summed E-state index contributed by atoms with van der Waals surface area (Å²) in [5.41, 5.74) is 4.55. The summed E-state index contributed by atoms with van der Waals surface area (Å²) in [6.07, 6.45) is 1.70. The van der Waals surface area contributed by atoms with Gasteiger partial charge in [-0.25, -0.2) is 4.98 Å². The van der Waals surface area contributed by atoms with E-state index < -0.39 is 0 Å². The maximum absolute atomic E-state index is 12.9. The molecule has 0 bridgehead atoms. The molecule has 1 fully saturated rings. The maximum Gasteiger partial charge on any atom is 0.270 e. The Hall–Kier alpha value is -3.33. The topological polar surface area (TPSA) is 76.0 Å². The third-order valence-electron chi connectivity index (χ3n) is 5.09. The van der Waals surface area contributed by atoms with Crippen LogP contribution in [-0.4, -0.2) is 47.0 Å². The molecule has 0 unspecified atom stereocenters. The molecule has 0 spiro atoms. The predicted molar refractivity (Wildman–Crippen MR) is 105 cm³/mol. The number of hydrogen-bond donors (Lipinski definition) is 1. The number of carbonyl (C=O) groups excluding carboxylic acids is 1. The van der Waals surface area contributed by atoms with E-state index in [0.717, 1.165) is 10.9 Å². The van der Waals surface area contributed by atoms with Crippen LogP contribution in [0, 0.1) is 25.2 Å². The number of anilines is 1. The van der Waals surface area contributed by atoms with Crippen molar-refractivity contribution in [2.45, 2.75) is 13.8 Å². The molecule has 27 heavy (non-hydrogen) atoms. The summed E-state index contributed by atoms with van der Waals surface area (Å²) in [4.78, 5) is 24.5. The molecule has 4 rings (SSSR count). The number of hydrogen-bond acceptors (Lipinski definition) is 4. The number of nitrogens with zero attached hydrogens (tertiary/aromatic N) is 4. The number of H-pyrrole nitrogens is 1. The Morgan fingerprint density at radius 2 is 1.96 bits per heavy atom. The highest BCUT2D eigenvalue weighted by Gasteiger charge is 2.25. The van der Waals surface area contributed by atoms with Crippen molar-refractivity contribution >= 4 is 22.6 Å². The van der Waals surface area contributed by atoms with Crippen molar-refractivity contribution in [3.63, 3.8) is 0 Å². The van der Waals surface area contributed by atoms with Crippen molar-refractivity contribution in [3.05, 3.63) is 58.9 Å². The van der Waals surface area contributed by atoms with Gasteiger partial charge in [0.1, 0.15) is 17.6 Å². The van der Waals surface area contributed by atoms with E-state index in [4.69, 9.17) is 0 Å². The standard InChI is InChI=1S/C21H21N5O/c1-14-10-15(2)17-12-19(24-18(17)11-14)21(27)26-8-6-25(7-9-26)20-16(13-22)4-3-5-23-20/h3-5,10-12,24H,6-9H2,1-2H3. The average molecular weight is 359 g/mol. The smallest absolute Gasteiger partial charge is 0.270 e. The Morgan fingerprint density at radius 1 is 1.19 bits per heavy atom. The Morgan fingerprint density at radius 3 is 2.70 bits per heavy atom. The number of nitriles is 1. The number of aromatic amines is 1. The van der Waals surface area contributed by atoms with Gasteiger partial charge in [-0.1, -0.05) is 6.07 Å². The lowest BCUT2D eigenvalue weighted by Gasteiger charge is -2.35. The molecule has 0 aliphatic carbocycles. The predicted octanol–water partition coefficient (Wildman–Crippen LogP) is 3.01. The van der Waals surface area contributed by atoms with Crippen LogP contribution < -0.4 is 4.90 Å². The van der Waals surface area contributed by atoms with Crippen LogP contribution in [0.5, 0.6) is 0 Å². The van der Waals surface area contributed by atoms with Crippen LogP contribution in [0.2, 0.25) is 0 Å². The van der Waals surface area contributed by atoms with E-state index in [2.05, 4.69) is 46.9 Å². The van der Waals surface area contributed by atoms with Crippen molar-refractivity contribution in [1.82, 2.24) is 14.9 Å². The van der Waals surface area contributed by atoms with E-state index in [1.807, 2.05) is 11.0 Å². The van der Waals surface area contributed by atoms with Crippen LogP contribution in [-0.2, 0) is 0 Å². The summed E-state index contributed by atoms with van der Waals surface area (Å²) in [7, 11) is 0. The summed E-state index contributed by atoms with van der Waals surface area (Å²) in [6, 6.07) is 11.9. The van der Waals surface area contributed by atoms with Crippen molar-refractivity contribution < 1.29 is 4.79 Å². The van der Waals surface area contributed by atoms with Gasteiger partial charge in [-0.2, -0.15) is 5.26 Å². The Balaban J connectivity index is 1.51. The van der Waals surface area contributed by atoms with Crippen molar-refractivity contribution in [3.8, 4) is 6.07 Å². The van der Waals surface area contributed by atoms with E-state index >= 15 is 0 Å². The molecule has 136 valence electrons. The second-order valence-corrected chi connectivity index (χ2v) is 6.99. The molecule has 1 aliphatic rings. The number of aromatic nitrogens is 2. The van der Waals surface area contributed by atoms with Gasteiger partial charge in [0.15, 0.2) is 0 Å². The number of piperazine rings is 1. The third-order valence-corrected chi connectivity index (χ3v) is 5.09. The fraction of sp³-hybridized carbons (Fsp3) is 0.286. The molecule has 6 nitrogen and oxygen atoms in total. The van der Waals surface area contributed by atoms with E-state index in [1.165, 1.54) is 11.1 Å². The summed E-state index contributed by atoms with van der Waals surface area (Å²) in [5.74, 6) is 0.716. The molecule has 1 aromatic carbocycles. The first-order valence-corrected chi connectivity index (χ1v) is 9.06. The zero-order valence-electron chi connectivity index (χ0n) is 15.5. The normalized spacial score (nSPS) is 14.4. The monoisotopic (exact) mass is 359 g/mol. The van der Waals surface area contributed by atoms with Gasteiger partial charge in [-0.15, -0.1) is 0 Å². The minimum Gasteiger partial charge on any atom is -0.352 e. The lowest BCUT2D eigenvalue weighted by molar-refractivity contribution is 0.0741. The zero-order chi connectivity index (χ0) is 19.0. The van der Waals surface area contributed by atoms with Gasteiger partial charge >= 0.3 is 0 Å². The largest absolute Gasteiger partial charge is 0.352 e. The molecule has 3 aromatic rings. The Labute approximate surface area is 158 Å². The molecule has 1 amide bonds. The van der Waals surface area contributed by atoms with E-state index in [1.54, 1.807) is 18.3 Å². The average Bonchev–Trinajstić information content (AvgIpc) is 3.12. The number of nitrogens with one attached hydrogen (secondary N) is 1. The minimum absolute atomic E-state index is 0.0180. The van der Waals surface area contributed by atoms with Crippen LogP contribution in [0.25, 0.3) is 10.9 Å². The molecule has 1 aliphatic heterocycles. The highest BCUT2D eigenvalue weighted by Crippen LogP contribution is 2.23. The summed E-state index contributed by atoms with van der Waals surface area (Å²) >= 11 is 0. The van der Waals surface area contributed by atoms with Crippen molar-refractivity contribution in [2.24, 2.45) is 0 Å². The second-order valence-electron chi connectivity index (χ2n) is 6.99. The number of amides is 1. The molecular weight excluding hydrogens is 338 g/mol. The van der Waals surface area contributed by atoms with Gasteiger partial charge in [0.2, 0.25) is 0 Å². The zero-order valence-corrected chi connectivity index (χ0v) is 15.5. The molecule has 0 radical (unpaired) electrons. The summed E-state index contributed by atoms with van der Waals surface area (Å²) in [5, 5.41) is 10.4. The number of aryl methyl sites for hydroxylation is 2. The fourth-order valence-corrected chi connectivity index (χ4v) is 3.74. The van der Waals surface area contributed by atoms with Gasteiger partial charge in [0.05, 0.1) is 5.56 Å². The van der Waals surface area contributed by atoms with Crippen LogP contribution in [0.1, 0.15) is 27.2 Å². The minimum atomic E-state index is 0.0180. The first-order chi connectivity index (χ1) is 13.1. The number of rotatable bonds is 2. The second kappa shape index (κ2) is 6.76. The molecule has 1 N–H and O–H groups in total. The lowest BCUT2D eigenvalue weighted by atomic mass is 10.1. The lowest BCUT2D eigenvalue weighted by Crippen LogP contribution is -2.49. The summed E-state index contributed by atoms with van der Waals surface area (Å²) in [6.45, 7) is 6.66. The Bertz CT molecular complexity index is 1050. The third kappa shape index (κ3) is 3.13. The van der Waals surface area contributed by atoms with Crippen molar-refractivity contribution in [1.29, 1.82) is 5.26 Å². The number of carbonyl (C=O) groups is 1. The van der Waals surface area contributed by atoms with E-state index in [9.17, 15) is 10.1 Å². The molecule has 6 heteroatoms. The van der Waals surface area contributed by atoms with Gasteiger partial charge < -0.3 is 14.8 Å². The van der Waals surface area contributed by atoms with Gasteiger partial charge in [0, 0.05) is 43.3 Å². The SMILES string of the molecule is Cc1cc(C)c2cc(C(=O)N3CCN(c4ncccc4C#N)CC3)[nH]c2c1. The summed E-state index contributed by atoms with van der Waals surface area (Å²) < 4.78 is 0. The van der Waals surface area contributed by atoms with E-state index in [-0.39, 0.29) is 5.91 Å². The van der Waals surface area contributed by atoms with Crippen LogP contribution >= 0.6 is 0 Å². The highest BCUT2D eigenvalue weighted by atomic mass is 16.2. The molecule has 3 heterocycles. The number of pyridine rings is 1. The van der Waals surface area contributed by atoms with Crippen molar-refractivity contribution in [2.75, 3.05) is 31.1 Å². The Kier molecular flexibility index (Phi) is 4.28. The fourth-order valence-electron chi connectivity index (χ4n) is 3.74. The highest BCUT2D eigenvalue weighted by molar-refractivity contribution is 5.99. The molecular formula is C21H21N5O. The van der Waals surface area contributed by atoms with Gasteiger partial charge in [-0.05, 0) is 49.2 Å². The van der Waals surface area contributed by atoms with Gasteiger partial charge in [-0.3, -0.25) is 4.79 Å². The van der Waals surface area contributed by atoms with Crippen LogP contribution in [0.3, 0.4) is 0 Å².